The van der Waals surface area contributed by atoms with Crippen LogP contribution in [0.4, 0.5) is 0 Å². The summed E-state index contributed by atoms with van der Waals surface area (Å²) in [6, 6.07) is 6.82. The number of carboxylic acid groups (broad SMARTS) is 1. The first kappa shape index (κ1) is 27.0. The average Bonchev–Trinajstić information content (AvgIpc) is 2.64. The molecule has 10 heteroatoms. The Morgan fingerprint density at radius 1 is 1.00 bits per heavy atom. The summed E-state index contributed by atoms with van der Waals surface area (Å²) in [6.45, 7) is 11.8. The van der Waals surface area contributed by atoms with Crippen molar-refractivity contribution < 1.29 is 28.2 Å². The van der Waals surface area contributed by atoms with Gasteiger partial charge in [0, 0.05) is 16.0 Å². The lowest BCUT2D eigenvalue weighted by atomic mass is 9.79. The Labute approximate surface area is 203 Å². The molecule has 0 atom stereocenters. The Hall–Kier alpha value is -2.23. The first-order chi connectivity index (χ1) is 14.9. The van der Waals surface area contributed by atoms with Crippen LogP contribution in [-0.4, -0.2) is 36.3 Å². The number of phenolic OH excluding ortho intramolecular Hbond substituents is 1. The van der Waals surface area contributed by atoms with E-state index in [4.69, 9.17) is 16.7 Å². The normalized spacial score (nSPS) is 12.5. The summed E-state index contributed by atoms with van der Waals surface area (Å²) in [4.78, 5) is 23.8. The number of hydrogen-bond donors (Lipinski definition) is 3. The number of benzene rings is 2. The molecule has 0 bridgehead atoms. The van der Waals surface area contributed by atoms with E-state index in [1.165, 1.54) is 6.07 Å². The van der Waals surface area contributed by atoms with Crippen molar-refractivity contribution in [2.24, 2.45) is 0 Å². The van der Waals surface area contributed by atoms with Gasteiger partial charge in [-0.05, 0) is 41.2 Å². The third-order valence-corrected chi connectivity index (χ3v) is 7.62. The van der Waals surface area contributed by atoms with Gasteiger partial charge < -0.3 is 10.2 Å². The second kappa shape index (κ2) is 9.56. The van der Waals surface area contributed by atoms with Gasteiger partial charge in [-0.25, -0.2) is 17.9 Å². The number of hydrogen-bond acceptors (Lipinski definition) is 6. The minimum absolute atomic E-state index is 0.198. The molecule has 0 unspecified atom stereocenters. The van der Waals surface area contributed by atoms with E-state index in [-0.39, 0.29) is 32.9 Å². The summed E-state index contributed by atoms with van der Waals surface area (Å²) in [5.41, 5.74) is 0.483. The van der Waals surface area contributed by atoms with Crippen molar-refractivity contribution in [3.63, 3.8) is 0 Å². The second-order valence-electron chi connectivity index (χ2n) is 9.63. The van der Waals surface area contributed by atoms with E-state index in [2.05, 4.69) is 0 Å². The van der Waals surface area contributed by atoms with Crippen molar-refractivity contribution in [2.45, 2.75) is 62.2 Å². The number of sulfonamides is 1. The molecule has 0 saturated carbocycles. The quantitative estimate of drug-likeness (QED) is 0.468. The van der Waals surface area contributed by atoms with Gasteiger partial charge in [-0.15, -0.1) is 11.8 Å². The van der Waals surface area contributed by atoms with E-state index in [9.17, 15) is 23.1 Å². The molecular weight excluding hydrogens is 486 g/mol. The van der Waals surface area contributed by atoms with Gasteiger partial charge in [0.1, 0.15) is 10.6 Å². The van der Waals surface area contributed by atoms with Crippen LogP contribution in [0.2, 0.25) is 5.02 Å². The van der Waals surface area contributed by atoms with Crippen LogP contribution in [0, 0.1) is 0 Å². The van der Waals surface area contributed by atoms with Crippen molar-refractivity contribution in [3.05, 3.63) is 52.0 Å². The molecule has 3 N–H and O–H groups in total. The summed E-state index contributed by atoms with van der Waals surface area (Å²) in [5, 5.41) is 19.7. The number of halogens is 1. The van der Waals surface area contributed by atoms with Crippen LogP contribution < -0.4 is 4.72 Å². The number of amides is 1. The molecule has 0 aliphatic heterocycles. The maximum atomic E-state index is 12.6. The number of carbonyl (C=O) groups is 2. The highest BCUT2D eigenvalue weighted by molar-refractivity contribution is 8.00. The summed E-state index contributed by atoms with van der Waals surface area (Å²) in [6.07, 6.45) is 0. The zero-order valence-corrected chi connectivity index (χ0v) is 21.7. The Balaban J connectivity index is 2.28. The maximum absolute atomic E-state index is 12.6. The molecule has 0 aliphatic rings. The van der Waals surface area contributed by atoms with Gasteiger partial charge in [0.15, 0.2) is 0 Å². The first-order valence-electron chi connectivity index (χ1n) is 10.0. The van der Waals surface area contributed by atoms with Crippen molar-refractivity contribution in [3.8, 4) is 5.75 Å². The largest absolute Gasteiger partial charge is 0.507 e. The molecule has 33 heavy (non-hydrogen) atoms. The van der Waals surface area contributed by atoms with E-state index < -0.39 is 26.8 Å². The summed E-state index contributed by atoms with van der Waals surface area (Å²) >= 11 is 7.06. The van der Waals surface area contributed by atoms with Crippen LogP contribution in [0.5, 0.6) is 5.75 Å². The predicted molar refractivity (Wildman–Crippen MR) is 130 cm³/mol. The number of aromatic hydroxyl groups is 1. The molecule has 0 radical (unpaired) electrons. The van der Waals surface area contributed by atoms with Crippen LogP contribution in [0.3, 0.4) is 0 Å². The number of rotatable bonds is 6. The maximum Gasteiger partial charge on any atom is 0.335 e. The van der Waals surface area contributed by atoms with Gasteiger partial charge in [0.05, 0.1) is 16.3 Å². The van der Waals surface area contributed by atoms with E-state index in [1.807, 2.05) is 46.3 Å². The van der Waals surface area contributed by atoms with E-state index in [1.54, 1.807) is 12.1 Å². The van der Waals surface area contributed by atoms with Crippen LogP contribution in [0.25, 0.3) is 0 Å². The summed E-state index contributed by atoms with van der Waals surface area (Å²) < 4.78 is 27.2. The number of thioether (sulfide) groups is 1. The van der Waals surface area contributed by atoms with Gasteiger partial charge >= 0.3 is 5.97 Å². The SMILES string of the molecule is CC(C)(C)c1cc(SCC(=O)NS(=O)(=O)c2cc(C(=O)O)ccc2Cl)cc(C(C)(C)C)c1O. The number of nitrogens with one attached hydrogen (secondary N) is 1. The van der Waals surface area contributed by atoms with Gasteiger partial charge in [0.25, 0.3) is 10.0 Å². The zero-order chi connectivity index (χ0) is 25.4. The third-order valence-electron chi connectivity index (χ3n) is 4.79. The third kappa shape index (κ3) is 6.65. The van der Waals surface area contributed by atoms with Crippen molar-refractivity contribution in [1.29, 1.82) is 0 Å². The number of carboxylic acids is 1. The van der Waals surface area contributed by atoms with Gasteiger partial charge in [-0.2, -0.15) is 0 Å². The van der Waals surface area contributed by atoms with Crippen molar-refractivity contribution >= 4 is 45.3 Å². The predicted octanol–water partition coefficient (Wildman–Crippen LogP) is 4.94. The molecule has 0 spiro atoms. The minimum Gasteiger partial charge on any atom is -0.507 e. The molecular formula is C23H28ClNO6S2. The number of aromatic carboxylic acids is 1. The molecule has 0 fully saturated rings. The lowest BCUT2D eigenvalue weighted by Gasteiger charge is -2.28. The molecule has 7 nitrogen and oxygen atoms in total. The van der Waals surface area contributed by atoms with E-state index in [0.29, 0.717) is 4.90 Å². The number of carbonyl (C=O) groups excluding carboxylic acids is 1. The zero-order valence-electron chi connectivity index (χ0n) is 19.3. The first-order valence-corrected chi connectivity index (χ1v) is 12.9. The molecule has 0 heterocycles. The van der Waals surface area contributed by atoms with Gasteiger partial charge in [-0.3, -0.25) is 4.79 Å². The Morgan fingerprint density at radius 3 is 1.97 bits per heavy atom. The van der Waals surface area contributed by atoms with Gasteiger partial charge in [-0.1, -0.05) is 53.1 Å². The van der Waals surface area contributed by atoms with Crippen molar-refractivity contribution in [1.82, 2.24) is 4.72 Å². The van der Waals surface area contributed by atoms with Crippen LogP contribution >= 0.6 is 23.4 Å². The standard InChI is InChI=1S/C23H28ClNO6S2/c1-22(2,3)15-10-14(11-16(20(15)27)23(4,5)6)32-12-19(26)25-33(30,31)18-9-13(21(28)29)7-8-17(18)24/h7-11,27H,12H2,1-6H3,(H,25,26)(H,28,29). The van der Waals surface area contributed by atoms with E-state index in [0.717, 1.165) is 35.0 Å². The Kier molecular flexibility index (Phi) is 7.83. The highest BCUT2D eigenvalue weighted by atomic mass is 35.5. The lowest BCUT2D eigenvalue weighted by Crippen LogP contribution is -2.32. The minimum atomic E-state index is -4.37. The van der Waals surface area contributed by atoms with Crippen LogP contribution in [-0.2, 0) is 25.6 Å². The molecule has 2 aromatic rings. The van der Waals surface area contributed by atoms with Crippen molar-refractivity contribution in [2.75, 3.05) is 5.75 Å². The molecule has 2 rings (SSSR count). The fraction of sp³-hybridized carbons (Fsp3) is 0.391. The fourth-order valence-corrected chi connectivity index (χ4v) is 5.43. The van der Waals surface area contributed by atoms with E-state index >= 15 is 0 Å². The molecule has 0 aliphatic carbocycles. The Morgan fingerprint density at radius 2 is 1.52 bits per heavy atom. The second-order valence-corrected chi connectivity index (χ2v) is 12.7. The Bertz CT molecular complexity index is 1160. The average molecular weight is 514 g/mol. The lowest BCUT2D eigenvalue weighted by molar-refractivity contribution is -0.116. The van der Waals surface area contributed by atoms with Crippen LogP contribution in [0.1, 0.15) is 63.0 Å². The van der Waals surface area contributed by atoms with Gasteiger partial charge in [0.2, 0.25) is 5.91 Å². The van der Waals surface area contributed by atoms with Crippen LogP contribution in [0.15, 0.2) is 40.1 Å². The molecule has 2 aromatic carbocycles. The fourth-order valence-electron chi connectivity index (χ4n) is 3.06. The molecule has 0 aromatic heterocycles. The molecule has 1 amide bonds. The monoisotopic (exact) mass is 513 g/mol. The molecule has 0 saturated heterocycles. The number of phenols is 1. The molecule has 180 valence electrons. The summed E-state index contributed by atoms with van der Waals surface area (Å²) in [5.74, 6) is -2.12. The highest BCUT2D eigenvalue weighted by Crippen LogP contribution is 2.41. The highest BCUT2D eigenvalue weighted by Gasteiger charge is 2.27. The smallest absolute Gasteiger partial charge is 0.335 e. The summed E-state index contributed by atoms with van der Waals surface area (Å²) in [7, 11) is -4.37. The topological polar surface area (TPSA) is 121 Å².